The standard InChI is InChI=1S/C16H10BrF2N3S/c17-13-6-11(18)7-14(19)12(13)8-20-22-16-21-15(9-23-16)10-4-2-1-3-5-10/h1-9H,(H,21,22). The largest absolute Gasteiger partial charge is 0.253 e. The van der Waals surface area contributed by atoms with Gasteiger partial charge in [-0.2, -0.15) is 5.10 Å². The Morgan fingerprint density at radius 2 is 1.96 bits per heavy atom. The molecule has 0 spiro atoms. The molecular weight excluding hydrogens is 384 g/mol. The number of anilines is 1. The van der Waals surface area contributed by atoms with Gasteiger partial charge in [0.05, 0.1) is 11.9 Å². The summed E-state index contributed by atoms with van der Waals surface area (Å²) in [6.07, 6.45) is 1.28. The van der Waals surface area contributed by atoms with Crippen LogP contribution in [0, 0.1) is 11.6 Å². The minimum Gasteiger partial charge on any atom is -0.253 e. The molecule has 1 aromatic heterocycles. The maximum Gasteiger partial charge on any atom is 0.203 e. The van der Waals surface area contributed by atoms with E-state index in [0.717, 1.165) is 17.3 Å². The van der Waals surface area contributed by atoms with Crippen molar-refractivity contribution in [3.05, 3.63) is 69.5 Å². The lowest BCUT2D eigenvalue weighted by molar-refractivity contribution is 0.580. The van der Waals surface area contributed by atoms with Gasteiger partial charge >= 0.3 is 0 Å². The highest BCUT2D eigenvalue weighted by Gasteiger charge is 2.08. The third-order valence-corrected chi connectivity index (χ3v) is 4.37. The lowest BCUT2D eigenvalue weighted by Gasteiger charge is -2.00. The summed E-state index contributed by atoms with van der Waals surface area (Å²) in [5, 5.41) is 6.44. The summed E-state index contributed by atoms with van der Waals surface area (Å²) in [5.41, 5.74) is 4.76. The van der Waals surface area contributed by atoms with Crippen LogP contribution in [0.1, 0.15) is 5.56 Å². The maximum absolute atomic E-state index is 13.7. The molecule has 0 amide bonds. The van der Waals surface area contributed by atoms with Gasteiger partial charge in [-0.15, -0.1) is 11.3 Å². The summed E-state index contributed by atoms with van der Waals surface area (Å²) in [7, 11) is 0. The van der Waals surface area contributed by atoms with E-state index in [2.05, 4.69) is 31.4 Å². The SMILES string of the molecule is Fc1cc(F)c(C=NNc2nc(-c3ccccc3)cs2)c(Br)c1. The summed E-state index contributed by atoms with van der Waals surface area (Å²) >= 11 is 4.50. The molecule has 23 heavy (non-hydrogen) atoms. The molecule has 0 bridgehead atoms. The molecule has 0 aliphatic rings. The van der Waals surface area contributed by atoms with Crippen molar-refractivity contribution in [2.75, 3.05) is 5.43 Å². The second-order valence-electron chi connectivity index (χ2n) is 4.56. The van der Waals surface area contributed by atoms with Gasteiger partial charge in [0.1, 0.15) is 11.6 Å². The van der Waals surface area contributed by atoms with Gasteiger partial charge in [-0.3, -0.25) is 5.43 Å². The number of halogens is 3. The number of hydrogen-bond acceptors (Lipinski definition) is 4. The third kappa shape index (κ3) is 3.80. The van der Waals surface area contributed by atoms with Crippen molar-refractivity contribution < 1.29 is 8.78 Å². The average Bonchev–Trinajstić information content (AvgIpc) is 2.99. The Morgan fingerprint density at radius 1 is 1.17 bits per heavy atom. The molecule has 116 valence electrons. The van der Waals surface area contributed by atoms with Gasteiger partial charge in [-0.1, -0.05) is 30.3 Å². The van der Waals surface area contributed by atoms with Crippen LogP contribution in [0.5, 0.6) is 0 Å². The smallest absolute Gasteiger partial charge is 0.203 e. The van der Waals surface area contributed by atoms with Crippen molar-refractivity contribution in [2.45, 2.75) is 0 Å². The van der Waals surface area contributed by atoms with Crippen LogP contribution in [-0.4, -0.2) is 11.2 Å². The molecule has 3 nitrogen and oxygen atoms in total. The van der Waals surface area contributed by atoms with E-state index in [1.165, 1.54) is 23.6 Å². The van der Waals surface area contributed by atoms with Crippen LogP contribution in [0.25, 0.3) is 11.3 Å². The number of hydrogen-bond donors (Lipinski definition) is 1. The number of benzene rings is 2. The highest BCUT2D eigenvalue weighted by molar-refractivity contribution is 9.10. The number of rotatable bonds is 4. The monoisotopic (exact) mass is 393 g/mol. The van der Waals surface area contributed by atoms with Crippen molar-refractivity contribution in [1.29, 1.82) is 0 Å². The number of thiazole rings is 1. The van der Waals surface area contributed by atoms with Crippen LogP contribution in [0.2, 0.25) is 0 Å². The highest BCUT2D eigenvalue weighted by Crippen LogP contribution is 2.25. The predicted molar refractivity (Wildman–Crippen MR) is 92.8 cm³/mol. The minimum atomic E-state index is -0.688. The molecule has 1 heterocycles. The molecule has 0 saturated heterocycles. The second kappa shape index (κ2) is 6.97. The van der Waals surface area contributed by atoms with E-state index >= 15 is 0 Å². The first-order chi connectivity index (χ1) is 11.1. The first-order valence-electron chi connectivity index (χ1n) is 6.58. The van der Waals surface area contributed by atoms with Crippen molar-refractivity contribution in [3.8, 4) is 11.3 Å². The van der Waals surface area contributed by atoms with Gasteiger partial charge in [-0.05, 0) is 22.0 Å². The van der Waals surface area contributed by atoms with Gasteiger partial charge < -0.3 is 0 Å². The van der Waals surface area contributed by atoms with Crippen LogP contribution in [-0.2, 0) is 0 Å². The van der Waals surface area contributed by atoms with Gasteiger partial charge in [0.2, 0.25) is 5.13 Å². The first-order valence-corrected chi connectivity index (χ1v) is 8.25. The van der Waals surface area contributed by atoms with E-state index in [0.29, 0.717) is 9.60 Å². The highest BCUT2D eigenvalue weighted by atomic mass is 79.9. The van der Waals surface area contributed by atoms with Crippen LogP contribution in [0.3, 0.4) is 0 Å². The summed E-state index contributed by atoms with van der Waals surface area (Å²) in [5.74, 6) is -1.33. The molecule has 3 aromatic rings. The van der Waals surface area contributed by atoms with Crippen LogP contribution in [0.4, 0.5) is 13.9 Å². The van der Waals surface area contributed by atoms with Gasteiger partial charge in [0.25, 0.3) is 0 Å². The van der Waals surface area contributed by atoms with E-state index in [9.17, 15) is 8.78 Å². The fourth-order valence-electron chi connectivity index (χ4n) is 1.90. The van der Waals surface area contributed by atoms with Gasteiger partial charge in [0, 0.05) is 27.0 Å². The summed E-state index contributed by atoms with van der Waals surface area (Å²) < 4.78 is 27.0. The first kappa shape index (κ1) is 15.8. The van der Waals surface area contributed by atoms with Crippen molar-refractivity contribution >= 4 is 38.6 Å². The van der Waals surface area contributed by atoms with E-state index in [-0.39, 0.29) is 5.56 Å². The van der Waals surface area contributed by atoms with E-state index in [1.54, 1.807) is 0 Å². The van der Waals surface area contributed by atoms with Gasteiger partial charge in [-0.25, -0.2) is 13.8 Å². The predicted octanol–water partition coefficient (Wildman–Crippen LogP) is 5.30. The van der Waals surface area contributed by atoms with E-state index in [4.69, 9.17) is 0 Å². The van der Waals surface area contributed by atoms with E-state index < -0.39 is 11.6 Å². The summed E-state index contributed by atoms with van der Waals surface area (Å²) in [4.78, 5) is 4.40. The molecule has 0 radical (unpaired) electrons. The molecule has 3 rings (SSSR count). The number of nitrogens with zero attached hydrogens (tertiary/aromatic N) is 2. The second-order valence-corrected chi connectivity index (χ2v) is 6.27. The Labute approximate surface area is 143 Å². The van der Waals surface area contributed by atoms with Crippen LogP contribution < -0.4 is 5.43 Å². The van der Waals surface area contributed by atoms with Crippen molar-refractivity contribution in [1.82, 2.24) is 4.98 Å². The van der Waals surface area contributed by atoms with Crippen LogP contribution >= 0.6 is 27.3 Å². The van der Waals surface area contributed by atoms with E-state index in [1.807, 2.05) is 35.7 Å². The fourth-order valence-corrected chi connectivity index (χ4v) is 3.07. The Balaban J connectivity index is 1.73. The molecular formula is C16H10BrF2N3S. The zero-order valence-electron chi connectivity index (χ0n) is 11.6. The Morgan fingerprint density at radius 3 is 2.70 bits per heavy atom. The maximum atomic E-state index is 13.7. The molecule has 7 heteroatoms. The lowest BCUT2D eigenvalue weighted by Crippen LogP contribution is -1.95. The third-order valence-electron chi connectivity index (χ3n) is 2.97. The van der Waals surface area contributed by atoms with Gasteiger partial charge in [0.15, 0.2) is 0 Å². The summed E-state index contributed by atoms with van der Waals surface area (Å²) in [6.45, 7) is 0. The molecule has 0 unspecified atom stereocenters. The Hall–Kier alpha value is -2.12. The molecule has 0 fully saturated rings. The number of nitrogens with one attached hydrogen (secondary N) is 1. The quantitative estimate of drug-likeness (QED) is 0.482. The molecule has 0 aliphatic heterocycles. The zero-order valence-corrected chi connectivity index (χ0v) is 14.0. The Bertz CT molecular complexity index is 827. The molecule has 0 atom stereocenters. The number of aromatic nitrogens is 1. The normalized spacial score (nSPS) is 11.1. The lowest BCUT2D eigenvalue weighted by atomic mass is 10.2. The Kier molecular flexibility index (Phi) is 4.78. The van der Waals surface area contributed by atoms with Crippen molar-refractivity contribution in [3.63, 3.8) is 0 Å². The van der Waals surface area contributed by atoms with Crippen molar-refractivity contribution in [2.24, 2.45) is 5.10 Å². The molecule has 2 aromatic carbocycles. The zero-order chi connectivity index (χ0) is 16.2. The van der Waals surface area contributed by atoms with Crippen LogP contribution in [0.15, 0.2) is 57.4 Å². The summed E-state index contributed by atoms with van der Waals surface area (Å²) in [6, 6.07) is 11.7. The fraction of sp³-hybridized carbons (Fsp3) is 0. The molecule has 0 aliphatic carbocycles. The topological polar surface area (TPSA) is 37.3 Å². The average molecular weight is 394 g/mol. The minimum absolute atomic E-state index is 0.165. The molecule has 0 saturated carbocycles. The number of hydrazone groups is 1. The molecule has 1 N–H and O–H groups in total.